The number of ether oxygens (including phenoxy) is 2. The first-order valence-corrected chi connectivity index (χ1v) is 6.87. The van der Waals surface area contributed by atoms with E-state index in [-0.39, 0.29) is 24.2 Å². The lowest BCUT2D eigenvalue weighted by Gasteiger charge is -2.09. The number of carbonyl (C=O) groups excluding carboxylic acids is 2. The van der Waals surface area contributed by atoms with Crippen LogP contribution in [0.5, 0.6) is 5.75 Å². The van der Waals surface area contributed by atoms with Crippen LogP contribution in [0.2, 0.25) is 0 Å². The molecule has 7 nitrogen and oxygen atoms in total. The zero-order valence-corrected chi connectivity index (χ0v) is 13.0. The van der Waals surface area contributed by atoms with Gasteiger partial charge in [0.25, 0.3) is 0 Å². The fourth-order valence-electron chi connectivity index (χ4n) is 1.32. The van der Waals surface area contributed by atoms with E-state index in [1.807, 2.05) is 27.7 Å². The second-order valence-corrected chi connectivity index (χ2v) is 5.17. The van der Waals surface area contributed by atoms with E-state index in [4.69, 9.17) is 4.74 Å². The van der Waals surface area contributed by atoms with E-state index in [1.165, 1.54) is 12.1 Å². The molecule has 1 aromatic rings. The Balaban J connectivity index is 2.34. The summed E-state index contributed by atoms with van der Waals surface area (Å²) in [4.78, 5) is 31.1. The molecule has 1 aromatic carbocycles. The molecule has 0 aliphatic rings. The third kappa shape index (κ3) is 6.94. The van der Waals surface area contributed by atoms with Crippen molar-refractivity contribution in [1.29, 1.82) is 0 Å². The third-order valence-electron chi connectivity index (χ3n) is 2.21. The largest absolute Gasteiger partial charge is 0.543 e. The Kier molecular flexibility index (Phi) is 7.18. The van der Waals surface area contributed by atoms with Gasteiger partial charge in [-0.25, -0.2) is 14.5 Å². The molecule has 1 rings (SSSR count). The summed E-state index contributed by atoms with van der Waals surface area (Å²) in [5.41, 5.74) is 0.218. The van der Waals surface area contributed by atoms with Crippen molar-refractivity contribution in [3.8, 4) is 5.75 Å². The van der Waals surface area contributed by atoms with Crippen molar-refractivity contribution < 1.29 is 33.9 Å². The highest BCUT2D eigenvalue weighted by Crippen LogP contribution is 2.14. The number of rotatable bonds is 7. The highest BCUT2D eigenvalue weighted by Gasteiger charge is 2.12. The second kappa shape index (κ2) is 8.89. The average molecular weight is 312 g/mol. The van der Waals surface area contributed by atoms with Crippen molar-refractivity contribution in [2.24, 2.45) is 5.92 Å². The summed E-state index contributed by atoms with van der Waals surface area (Å²) in [7, 11) is 0. The van der Waals surface area contributed by atoms with Crippen LogP contribution in [0, 0.1) is 5.92 Å². The van der Waals surface area contributed by atoms with Gasteiger partial charge >= 0.3 is 12.1 Å². The van der Waals surface area contributed by atoms with Crippen LogP contribution in [-0.4, -0.2) is 24.8 Å². The van der Waals surface area contributed by atoms with E-state index in [2.05, 4.69) is 19.6 Å². The van der Waals surface area contributed by atoms with E-state index in [9.17, 15) is 9.59 Å². The number of carbonyl (C=O) groups is 2. The zero-order chi connectivity index (χ0) is 16.5. The van der Waals surface area contributed by atoms with Gasteiger partial charge in [0, 0.05) is 0 Å². The van der Waals surface area contributed by atoms with Crippen molar-refractivity contribution >= 4 is 12.1 Å². The fraction of sp³-hybridized carbons (Fsp3) is 0.467. The van der Waals surface area contributed by atoms with Gasteiger partial charge in [-0.15, -0.1) is 0 Å². The predicted molar refractivity (Wildman–Crippen MR) is 76.0 cm³/mol. The van der Waals surface area contributed by atoms with Gasteiger partial charge in [-0.2, -0.15) is 0 Å². The van der Waals surface area contributed by atoms with Crippen LogP contribution in [0.3, 0.4) is 0 Å². The van der Waals surface area contributed by atoms with E-state index in [0.717, 1.165) is 0 Å². The molecule has 0 aliphatic heterocycles. The summed E-state index contributed by atoms with van der Waals surface area (Å²) in [5, 5.41) is 4.08. The summed E-state index contributed by atoms with van der Waals surface area (Å²) in [6.07, 6.45) is -1.05. The highest BCUT2D eigenvalue weighted by atomic mass is 17.5. The summed E-state index contributed by atoms with van der Waals surface area (Å²) in [5.74, 6) is -0.0320. The van der Waals surface area contributed by atoms with Gasteiger partial charge in [0.15, 0.2) is 0 Å². The fourth-order valence-corrected chi connectivity index (χ4v) is 1.32. The Hall–Kier alpha value is -2.28. The first kappa shape index (κ1) is 17.8. The molecule has 0 atom stereocenters. The normalized spacial score (nSPS) is 10.5. The first-order chi connectivity index (χ1) is 10.4. The first-order valence-electron chi connectivity index (χ1n) is 6.87. The molecule has 0 saturated carbocycles. The molecule has 0 unspecified atom stereocenters. The van der Waals surface area contributed by atoms with Crippen molar-refractivity contribution in [3.05, 3.63) is 29.8 Å². The molecule has 0 aromatic heterocycles. The third-order valence-corrected chi connectivity index (χ3v) is 2.21. The molecule has 0 radical (unpaired) electrons. The average Bonchev–Trinajstić information content (AvgIpc) is 2.45. The molecule has 122 valence electrons. The van der Waals surface area contributed by atoms with Crippen molar-refractivity contribution in [1.82, 2.24) is 0 Å². The van der Waals surface area contributed by atoms with E-state index in [0.29, 0.717) is 5.75 Å². The summed E-state index contributed by atoms with van der Waals surface area (Å²) < 4.78 is 10.1. The van der Waals surface area contributed by atoms with Crippen LogP contribution < -0.4 is 4.74 Å². The van der Waals surface area contributed by atoms with Crippen LogP contribution in [0.25, 0.3) is 0 Å². The van der Waals surface area contributed by atoms with Crippen LogP contribution in [0.1, 0.15) is 38.1 Å². The molecule has 0 aliphatic carbocycles. The highest BCUT2D eigenvalue weighted by molar-refractivity contribution is 5.89. The molecule has 7 heteroatoms. The predicted octanol–water partition coefficient (Wildman–Crippen LogP) is 3.29. The van der Waals surface area contributed by atoms with Gasteiger partial charge in [0.2, 0.25) is 0 Å². The second-order valence-electron chi connectivity index (χ2n) is 5.17. The van der Waals surface area contributed by atoms with E-state index < -0.39 is 12.1 Å². The van der Waals surface area contributed by atoms with Crippen LogP contribution in [-0.2, 0) is 19.6 Å². The molecule has 0 amide bonds. The molecule has 0 bridgehead atoms. The van der Waals surface area contributed by atoms with Crippen molar-refractivity contribution in [2.75, 3.05) is 6.61 Å². The zero-order valence-electron chi connectivity index (χ0n) is 13.0. The minimum atomic E-state index is -1.08. The van der Waals surface area contributed by atoms with E-state index >= 15 is 0 Å². The van der Waals surface area contributed by atoms with E-state index in [1.54, 1.807) is 12.1 Å². The van der Waals surface area contributed by atoms with Crippen LogP contribution >= 0.6 is 0 Å². The Bertz CT molecular complexity index is 479. The Morgan fingerprint density at radius 3 is 2.18 bits per heavy atom. The Morgan fingerprint density at radius 1 is 1.00 bits per heavy atom. The molecular formula is C15H20O7. The Labute approximate surface area is 128 Å². The lowest BCUT2D eigenvalue weighted by molar-refractivity contribution is -0.452. The molecule has 0 spiro atoms. The summed E-state index contributed by atoms with van der Waals surface area (Å²) >= 11 is 0. The van der Waals surface area contributed by atoms with Gasteiger partial charge < -0.3 is 9.47 Å². The monoisotopic (exact) mass is 312 g/mol. The van der Waals surface area contributed by atoms with Gasteiger partial charge in [0.05, 0.1) is 23.3 Å². The maximum atomic E-state index is 11.6. The lowest BCUT2D eigenvalue weighted by atomic mass is 10.2. The van der Waals surface area contributed by atoms with Crippen LogP contribution in [0.15, 0.2) is 24.3 Å². The van der Waals surface area contributed by atoms with Crippen molar-refractivity contribution in [2.45, 2.75) is 33.8 Å². The quantitative estimate of drug-likeness (QED) is 0.434. The minimum Gasteiger partial charge on any atom is -0.491 e. The maximum absolute atomic E-state index is 11.6. The molecule has 0 N–H and O–H groups in total. The Morgan fingerprint density at radius 2 is 1.64 bits per heavy atom. The maximum Gasteiger partial charge on any atom is 0.543 e. The number of benzene rings is 1. The number of hydrogen-bond donors (Lipinski definition) is 0. The summed E-state index contributed by atoms with van der Waals surface area (Å²) in [6.45, 7) is 7.69. The SMILES string of the molecule is CC(C)COC(=O)OOOC(=O)c1ccc(OC(C)C)cc1. The smallest absolute Gasteiger partial charge is 0.491 e. The summed E-state index contributed by atoms with van der Waals surface area (Å²) in [6, 6.07) is 6.24. The van der Waals surface area contributed by atoms with Crippen molar-refractivity contribution in [3.63, 3.8) is 0 Å². The molecule has 0 saturated heterocycles. The van der Waals surface area contributed by atoms with Gasteiger partial charge in [-0.05, 0) is 44.0 Å². The molecule has 0 fully saturated rings. The molecule has 22 heavy (non-hydrogen) atoms. The lowest BCUT2D eigenvalue weighted by Crippen LogP contribution is -2.14. The van der Waals surface area contributed by atoms with Gasteiger partial charge in [-0.1, -0.05) is 13.8 Å². The standard InChI is InChI=1S/C15H20O7/c1-10(2)9-18-15(17)21-22-20-14(16)12-5-7-13(8-6-12)19-11(3)4/h5-8,10-11H,9H2,1-4H3. The van der Waals surface area contributed by atoms with Crippen LogP contribution in [0.4, 0.5) is 4.79 Å². The number of hydrogen-bond acceptors (Lipinski definition) is 7. The molecule has 0 heterocycles. The topological polar surface area (TPSA) is 80.3 Å². The van der Waals surface area contributed by atoms with Gasteiger partial charge in [0.1, 0.15) is 5.75 Å². The van der Waals surface area contributed by atoms with Gasteiger partial charge in [-0.3, -0.25) is 4.89 Å². The minimum absolute atomic E-state index is 0.0337. The molecular weight excluding hydrogens is 292 g/mol.